The maximum absolute atomic E-state index is 12.7. The van der Waals surface area contributed by atoms with Gasteiger partial charge < -0.3 is 15.4 Å². The van der Waals surface area contributed by atoms with Crippen molar-refractivity contribution in [2.45, 2.75) is 39.3 Å². The highest BCUT2D eigenvalue weighted by Gasteiger charge is 2.43. The Hall–Kier alpha value is -4.47. The van der Waals surface area contributed by atoms with Gasteiger partial charge in [0.25, 0.3) is 11.8 Å². The van der Waals surface area contributed by atoms with Crippen LogP contribution in [-0.2, 0) is 25.7 Å². The fourth-order valence-electron chi connectivity index (χ4n) is 3.78. The molecule has 10 nitrogen and oxygen atoms in total. The van der Waals surface area contributed by atoms with E-state index in [1.807, 2.05) is 32.0 Å². The number of hydrogen-bond acceptors (Lipinski definition) is 6. The second-order valence-electron chi connectivity index (χ2n) is 8.35. The van der Waals surface area contributed by atoms with Crippen molar-refractivity contribution in [2.75, 3.05) is 5.32 Å². The number of nitrogens with one attached hydrogen (secondary N) is 3. The van der Waals surface area contributed by atoms with E-state index < -0.39 is 29.7 Å². The summed E-state index contributed by atoms with van der Waals surface area (Å²) >= 11 is 0. The van der Waals surface area contributed by atoms with E-state index in [9.17, 15) is 24.0 Å². The zero-order valence-corrected chi connectivity index (χ0v) is 19.2. The number of piperidine rings is 1. The Morgan fingerprint density at radius 1 is 1.09 bits per heavy atom. The van der Waals surface area contributed by atoms with E-state index >= 15 is 0 Å². The van der Waals surface area contributed by atoms with E-state index in [1.54, 1.807) is 24.3 Å². The number of anilines is 1. The van der Waals surface area contributed by atoms with Crippen LogP contribution in [0.2, 0.25) is 0 Å². The van der Waals surface area contributed by atoms with E-state index in [2.05, 4.69) is 16.0 Å². The van der Waals surface area contributed by atoms with Crippen LogP contribution in [0.4, 0.5) is 10.5 Å². The van der Waals surface area contributed by atoms with Gasteiger partial charge in [0.05, 0.1) is 6.08 Å². The van der Waals surface area contributed by atoms with Crippen molar-refractivity contribution in [3.63, 3.8) is 0 Å². The summed E-state index contributed by atoms with van der Waals surface area (Å²) in [5.74, 6) is -2.50. The van der Waals surface area contributed by atoms with E-state index in [-0.39, 0.29) is 36.9 Å². The Morgan fingerprint density at radius 2 is 1.89 bits per heavy atom. The highest BCUT2D eigenvalue weighted by Crippen LogP contribution is 2.24. The molecule has 2 aliphatic rings. The molecule has 1 fully saturated rings. The lowest BCUT2D eigenvalue weighted by atomic mass is 10.0. The number of rotatable bonds is 6. The summed E-state index contributed by atoms with van der Waals surface area (Å²) in [4.78, 5) is 61.6. The molecule has 1 atom stereocenters. The molecule has 2 heterocycles. The van der Waals surface area contributed by atoms with Crippen molar-refractivity contribution >= 4 is 35.3 Å². The van der Waals surface area contributed by atoms with Crippen LogP contribution >= 0.6 is 0 Å². The van der Waals surface area contributed by atoms with Crippen LogP contribution in [0.25, 0.3) is 0 Å². The second kappa shape index (κ2) is 9.80. The van der Waals surface area contributed by atoms with Crippen molar-refractivity contribution < 1.29 is 28.7 Å². The molecule has 2 aromatic carbocycles. The maximum Gasteiger partial charge on any atom is 0.319 e. The third-order valence-electron chi connectivity index (χ3n) is 5.79. The number of carbonyl (C=O) groups is 5. The van der Waals surface area contributed by atoms with Crippen LogP contribution in [0.3, 0.4) is 0 Å². The molecule has 0 spiro atoms. The summed E-state index contributed by atoms with van der Waals surface area (Å²) in [5.41, 5.74) is 3.58. The summed E-state index contributed by atoms with van der Waals surface area (Å²) < 4.78 is 5.63. The zero-order valence-electron chi connectivity index (χ0n) is 19.2. The molecular weight excluding hydrogens is 452 g/mol. The molecule has 6 amide bonds. The van der Waals surface area contributed by atoms with Crippen LogP contribution in [0.15, 0.2) is 54.3 Å². The molecule has 0 bridgehead atoms. The predicted molar refractivity (Wildman–Crippen MR) is 125 cm³/mol. The topological polar surface area (TPSA) is 134 Å². The largest absolute Gasteiger partial charge is 0.451 e. The minimum atomic E-state index is -1.06. The Morgan fingerprint density at radius 3 is 2.63 bits per heavy atom. The van der Waals surface area contributed by atoms with Gasteiger partial charge in [0.15, 0.2) is 5.76 Å². The minimum absolute atomic E-state index is 0.0375. The van der Waals surface area contributed by atoms with Crippen LogP contribution in [0.1, 0.15) is 29.5 Å². The molecule has 10 heteroatoms. The van der Waals surface area contributed by atoms with E-state index in [4.69, 9.17) is 4.74 Å². The van der Waals surface area contributed by atoms with E-state index in [0.717, 1.165) is 22.1 Å². The van der Waals surface area contributed by atoms with Gasteiger partial charge in [-0.1, -0.05) is 18.2 Å². The molecule has 0 aromatic heterocycles. The number of ether oxygens (including phenoxy) is 1. The first-order chi connectivity index (χ1) is 16.7. The van der Waals surface area contributed by atoms with Gasteiger partial charge in [0.1, 0.15) is 11.8 Å². The summed E-state index contributed by atoms with van der Waals surface area (Å²) in [7, 11) is 0. The fraction of sp³-hybridized carbons (Fsp3) is 0.240. The first-order valence-corrected chi connectivity index (χ1v) is 11.0. The van der Waals surface area contributed by atoms with Gasteiger partial charge in [-0.2, -0.15) is 0 Å². The smallest absolute Gasteiger partial charge is 0.319 e. The van der Waals surface area contributed by atoms with Gasteiger partial charge in [0.2, 0.25) is 11.8 Å². The second-order valence-corrected chi connectivity index (χ2v) is 8.35. The normalized spacial score (nSPS) is 17.7. The molecule has 4 rings (SSSR count). The number of imide groups is 2. The first-order valence-electron chi connectivity index (χ1n) is 11.0. The number of benzene rings is 2. The summed E-state index contributed by atoms with van der Waals surface area (Å²) in [6.45, 7) is 4.15. The van der Waals surface area contributed by atoms with Crippen molar-refractivity contribution in [2.24, 2.45) is 0 Å². The van der Waals surface area contributed by atoms with Crippen molar-refractivity contribution in [1.82, 2.24) is 15.5 Å². The van der Waals surface area contributed by atoms with Gasteiger partial charge in [0, 0.05) is 18.7 Å². The molecule has 0 saturated carbocycles. The Kier molecular flexibility index (Phi) is 6.63. The van der Waals surface area contributed by atoms with Gasteiger partial charge in [-0.15, -0.1) is 0 Å². The molecule has 180 valence electrons. The molecule has 0 aliphatic carbocycles. The summed E-state index contributed by atoms with van der Waals surface area (Å²) in [6.07, 6.45) is 1.12. The first kappa shape index (κ1) is 23.7. The number of amides is 6. The number of hydrogen-bond donors (Lipinski definition) is 3. The third kappa shape index (κ3) is 5.37. The molecule has 2 aromatic rings. The summed E-state index contributed by atoms with van der Waals surface area (Å²) in [5, 5.41) is 7.67. The highest BCUT2D eigenvalue weighted by atomic mass is 16.5. The third-order valence-corrected chi connectivity index (χ3v) is 5.79. The lowest BCUT2D eigenvalue weighted by Crippen LogP contribution is -2.54. The Labute approximate surface area is 201 Å². The molecule has 1 saturated heterocycles. The fourth-order valence-corrected chi connectivity index (χ4v) is 3.78. The molecule has 1 unspecified atom stereocenters. The molecule has 35 heavy (non-hydrogen) atoms. The average molecular weight is 476 g/mol. The summed E-state index contributed by atoms with van der Waals surface area (Å²) in [6, 6.07) is 10.9. The Balaban J connectivity index is 1.35. The lowest BCUT2D eigenvalue weighted by molar-refractivity contribution is -0.150. The lowest BCUT2D eigenvalue weighted by Gasteiger charge is -2.27. The van der Waals surface area contributed by atoms with Gasteiger partial charge in [-0.25, -0.2) is 4.79 Å². The number of urea groups is 1. The van der Waals surface area contributed by atoms with Gasteiger partial charge in [-0.05, 0) is 61.2 Å². The van der Waals surface area contributed by atoms with E-state index in [1.165, 1.54) is 0 Å². The molecule has 0 radical (unpaired) electrons. The van der Waals surface area contributed by atoms with Crippen LogP contribution in [0, 0.1) is 13.8 Å². The standard InChI is InChI=1S/C25H24N4O6/c1-14-6-7-17(10-15(14)2)27-25(34)26-13-16-4-3-5-18(11-16)35-20-12-22(31)29(24(20)33)19-8-9-21(30)28-23(19)32/h3-7,10-12,19H,8-9,13H2,1-2H3,(H2,26,27,34)(H,28,30,32). The molecule has 2 aliphatic heterocycles. The average Bonchev–Trinajstić information content (AvgIpc) is 3.08. The SMILES string of the molecule is Cc1ccc(NC(=O)NCc2cccc(OC3=CC(=O)N(C4CCC(=O)NC4=O)C3=O)c2)cc1C. The zero-order chi connectivity index (χ0) is 25.1. The predicted octanol–water partition coefficient (Wildman–Crippen LogP) is 2.06. The van der Waals surface area contributed by atoms with Crippen molar-refractivity contribution in [3.8, 4) is 5.75 Å². The van der Waals surface area contributed by atoms with Crippen LogP contribution in [0.5, 0.6) is 5.75 Å². The van der Waals surface area contributed by atoms with Crippen molar-refractivity contribution in [1.29, 1.82) is 0 Å². The van der Waals surface area contributed by atoms with Crippen LogP contribution < -0.4 is 20.7 Å². The highest BCUT2D eigenvalue weighted by molar-refractivity contribution is 6.18. The minimum Gasteiger partial charge on any atom is -0.451 e. The quantitative estimate of drug-likeness (QED) is 0.547. The number of nitrogens with zero attached hydrogens (tertiary/aromatic N) is 1. The van der Waals surface area contributed by atoms with Crippen molar-refractivity contribution in [3.05, 3.63) is 71.0 Å². The maximum atomic E-state index is 12.7. The number of aryl methyl sites for hydroxylation is 2. The van der Waals surface area contributed by atoms with E-state index in [0.29, 0.717) is 11.3 Å². The monoisotopic (exact) mass is 476 g/mol. The van der Waals surface area contributed by atoms with Gasteiger partial charge >= 0.3 is 6.03 Å². The van der Waals surface area contributed by atoms with Gasteiger partial charge in [-0.3, -0.25) is 29.4 Å². The molecule has 3 N–H and O–H groups in total. The van der Waals surface area contributed by atoms with Crippen LogP contribution in [-0.4, -0.2) is 40.6 Å². The Bertz CT molecular complexity index is 1270. The molecular formula is C25H24N4O6. The number of carbonyl (C=O) groups excluding carboxylic acids is 5.